The molecule has 1 N–H and O–H groups in total. The molecule has 1 amide bonds. The predicted octanol–water partition coefficient (Wildman–Crippen LogP) is 4.56. The van der Waals surface area contributed by atoms with E-state index in [9.17, 15) is 4.79 Å². The van der Waals surface area contributed by atoms with Crippen molar-refractivity contribution in [3.8, 4) is 0 Å². The van der Waals surface area contributed by atoms with Crippen LogP contribution in [0.2, 0.25) is 0 Å². The number of ether oxygens (including phenoxy) is 1. The average molecular weight is 447 g/mol. The predicted molar refractivity (Wildman–Crippen MR) is 128 cm³/mol. The third-order valence-corrected chi connectivity index (χ3v) is 6.86. The van der Waals surface area contributed by atoms with E-state index in [1.54, 1.807) is 6.20 Å². The first kappa shape index (κ1) is 21.0. The molecule has 0 spiro atoms. The van der Waals surface area contributed by atoms with Crippen molar-refractivity contribution < 1.29 is 9.53 Å². The second-order valence-corrected chi connectivity index (χ2v) is 9.41. The summed E-state index contributed by atoms with van der Waals surface area (Å²) in [5, 5.41) is 5.23. The number of amides is 1. The maximum atomic E-state index is 13.0. The lowest BCUT2D eigenvalue weighted by molar-refractivity contribution is -0.0322. The van der Waals surface area contributed by atoms with E-state index >= 15 is 0 Å². The number of morpholine rings is 1. The van der Waals surface area contributed by atoms with Crippen LogP contribution in [0.4, 0.5) is 0 Å². The van der Waals surface area contributed by atoms with Gasteiger partial charge in [-0.2, -0.15) is 0 Å². The van der Waals surface area contributed by atoms with Crippen molar-refractivity contribution in [3.05, 3.63) is 70.9 Å². The molecule has 0 aliphatic carbocycles. The molecular formula is C25H26N4O2S. The molecule has 4 heterocycles. The lowest BCUT2D eigenvalue weighted by Crippen LogP contribution is -2.38. The van der Waals surface area contributed by atoms with Crippen molar-refractivity contribution in [1.29, 1.82) is 0 Å². The SMILES string of the molecule is CC(C)NC(=O)c1sc2ncccc2c1[C@H]1CN(Cc2ccnc3ccccc23)CCO1. The van der Waals surface area contributed by atoms with Crippen LogP contribution in [-0.4, -0.2) is 46.5 Å². The maximum Gasteiger partial charge on any atom is 0.262 e. The highest BCUT2D eigenvalue weighted by atomic mass is 32.1. The van der Waals surface area contributed by atoms with Crippen LogP contribution in [-0.2, 0) is 11.3 Å². The minimum Gasteiger partial charge on any atom is -0.371 e. The van der Waals surface area contributed by atoms with Gasteiger partial charge in [-0.1, -0.05) is 24.3 Å². The molecule has 1 fully saturated rings. The van der Waals surface area contributed by atoms with Gasteiger partial charge in [0.2, 0.25) is 0 Å². The van der Waals surface area contributed by atoms with Crippen LogP contribution in [0.3, 0.4) is 0 Å². The van der Waals surface area contributed by atoms with E-state index in [1.807, 2.05) is 44.3 Å². The van der Waals surface area contributed by atoms with Crippen LogP contribution >= 0.6 is 11.3 Å². The maximum absolute atomic E-state index is 13.0. The highest BCUT2D eigenvalue weighted by molar-refractivity contribution is 7.20. The molecule has 1 saturated heterocycles. The van der Waals surface area contributed by atoms with Gasteiger partial charge in [0.05, 0.1) is 18.2 Å². The van der Waals surface area contributed by atoms with Crippen LogP contribution in [0.15, 0.2) is 54.9 Å². The Morgan fingerprint density at radius 1 is 1.16 bits per heavy atom. The summed E-state index contributed by atoms with van der Waals surface area (Å²) in [6.07, 6.45) is 3.47. The van der Waals surface area contributed by atoms with Crippen molar-refractivity contribution >= 4 is 38.4 Å². The summed E-state index contributed by atoms with van der Waals surface area (Å²) in [6, 6.07) is 14.4. The van der Waals surface area contributed by atoms with E-state index in [1.165, 1.54) is 22.3 Å². The minimum atomic E-state index is -0.178. The Labute approximate surface area is 191 Å². The summed E-state index contributed by atoms with van der Waals surface area (Å²) >= 11 is 1.44. The topological polar surface area (TPSA) is 67.4 Å². The molecule has 7 heteroatoms. The Morgan fingerprint density at radius 3 is 2.88 bits per heavy atom. The van der Waals surface area contributed by atoms with Gasteiger partial charge in [0.1, 0.15) is 9.71 Å². The summed E-state index contributed by atoms with van der Waals surface area (Å²) < 4.78 is 6.23. The molecule has 1 aliphatic heterocycles. The normalized spacial score (nSPS) is 17.3. The van der Waals surface area contributed by atoms with Crippen LogP contribution < -0.4 is 5.32 Å². The van der Waals surface area contributed by atoms with Gasteiger partial charge in [-0.25, -0.2) is 4.98 Å². The third-order valence-electron chi connectivity index (χ3n) is 5.74. The fourth-order valence-corrected chi connectivity index (χ4v) is 5.42. The van der Waals surface area contributed by atoms with Gasteiger partial charge in [0.15, 0.2) is 0 Å². The van der Waals surface area contributed by atoms with E-state index in [-0.39, 0.29) is 18.1 Å². The molecule has 1 aromatic carbocycles. The highest BCUT2D eigenvalue weighted by Gasteiger charge is 2.30. The number of rotatable bonds is 5. The molecule has 0 bridgehead atoms. The molecule has 0 radical (unpaired) electrons. The van der Waals surface area contributed by atoms with E-state index in [4.69, 9.17) is 4.74 Å². The lowest BCUT2D eigenvalue weighted by Gasteiger charge is -2.33. The van der Waals surface area contributed by atoms with Crippen molar-refractivity contribution in [2.45, 2.75) is 32.5 Å². The minimum absolute atomic E-state index is 0.0566. The Bertz CT molecular complexity index is 1260. The van der Waals surface area contributed by atoms with Gasteiger partial charge in [0.25, 0.3) is 5.91 Å². The molecule has 0 unspecified atom stereocenters. The fraction of sp³-hybridized carbons (Fsp3) is 0.320. The number of benzene rings is 1. The first-order valence-corrected chi connectivity index (χ1v) is 11.8. The van der Waals surface area contributed by atoms with Crippen LogP contribution in [0.25, 0.3) is 21.1 Å². The molecule has 6 nitrogen and oxygen atoms in total. The lowest BCUT2D eigenvalue weighted by atomic mass is 10.0. The van der Waals surface area contributed by atoms with Crippen molar-refractivity contribution in [3.63, 3.8) is 0 Å². The van der Waals surface area contributed by atoms with Gasteiger partial charge in [-0.3, -0.25) is 14.7 Å². The first-order valence-electron chi connectivity index (χ1n) is 10.9. The van der Waals surface area contributed by atoms with Gasteiger partial charge in [0, 0.05) is 54.4 Å². The zero-order valence-electron chi connectivity index (χ0n) is 18.2. The summed E-state index contributed by atoms with van der Waals surface area (Å²) in [6.45, 7) is 6.95. The van der Waals surface area contributed by atoms with Crippen LogP contribution in [0.5, 0.6) is 0 Å². The molecule has 3 aromatic heterocycles. The average Bonchev–Trinajstić information content (AvgIpc) is 3.19. The van der Waals surface area contributed by atoms with E-state index < -0.39 is 0 Å². The first-order chi connectivity index (χ1) is 15.6. The Hall–Kier alpha value is -2.87. The summed E-state index contributed by atoms with van der Waals surface area (Å²) in [4.78, 5) is 26.0. The number of para-hydroxylation sites is 1. The van der Waals surface area contributed by atoms with Crippen LogP contribution in [0.1, 0.15) is 40.8 Å². The van der Waals surface area contributed by atoms with Crippen molar-refractivity contribution in [2.75, 3.05) is 19.7 Å². The number of fused-ring (bicyclic) bond motifs is 2. The summed E-state index contributed by atoms with van der Waals surface area (Å²) in [7, 11) is 0. The molecule has 32 heavy (non-hydrogen) atoms. The number of aromatic nitrogens is 2. The van der Waals surface area contributed by atoms with Crippen molar-refractivity contribution in [2.24, 2.45) is 0 Å². The van der Waals surface area contributed by atoms with Gasteiger partial charge in [-0.15, -0.1) is 11.3 Å². The van der Waals surface area contributed by atoms with Gasteiger partial charge in [-0.05, 0) is 37.6 Å². The fourth-order valence-electron chi connectivity index (χ4n) is 4.32. The number of carbonyl (C=O) groups is 1. The number of hydrogen-bond donors (Lipinski definition) is 1. The summed E-state index contributed by atoms with van der Waals surface area (Å²) in [5.74, 6) is -0.0566. The number of pyridine rings is 2. The van der Waals surface area contributed by atoms with E-state index in [0.29, 0.717) is 11.5 Å². The summed E-state index contributed by atoms with van der Waals surface area (Å²) in [5.41, 5.74) is 3.23. The molecule has 0 saturated carbocycles. The molecular weight excluding hydrogens is 420 g/mol. The number of nitrogens with one attached hydrogen (secondary N) is 1. The molecule has 5 rings (SSSR count). The van der Waals surface area contributed by atoms with E-state index in [0.717, 1.165) is 40.9 Å². The zero-order chi connectivity index (χ0) is 22.1. The monoisotopic (exact) mass is 446 g/mol. The molecule has 164 valence electrons. The van der Waals surface area contributed by atoms with Crippen LogP contribution in [0, 0.1) is 0 Å². The molecule has 1 aliphatic rings. The highest BCUT2D eigenvalue weighted by Crippen LogP contribution is 2.37. The Kier molecular flexibility index (Phi) is 5.87. The van der Waals surface area contributed by atoms with Gasteiger partial charge < -0.3 is 10.1 Å². The molecule has 4 aromatic rings. The largest absolute Gasteiger partial charge is 0.371 e. The number of carbonyl (C=O) groups excluding carboxylic acids is 1. The number of thiophene rings is 1. The smallest absolute Gasteiger partial charge is 0.262 e. The number of nitrogens with zero attached hydrogens (tertiary/aromatic N) is 3. The van der Waals surface area contributed by atoms with Gasteiger partial charge >= 0.3 is 0 Å². The van der Waals surface area contributed by atoms with E-state index in [2.05, 4.69) is 38.4 Å². The Morgan fingerprint density at radius 2 is 2.00 bits per heavy atom. The Balaban J connectivity index is 1.46. The molecule has 1 atom stereocenters. The quantitative estimate of drug-likeness (QED) is 0.487. The van der Waals surface area contributed by atoms with Crippen molar-refractivity contribution in [1.82, 2.24) is 20.2 Å². The number of hydrogen-bond acceptors (Lipinski definition) is 6. The third kappa shape index (κ3) is 4.11. The second kappa shape index (κ2) is 8.94. The zero-order valence-corrected chi connectivity index (χ0v) is 19.1. The standard InChI is InChI=1S/C25H26N4O2S/c1-16(2)28-24(30)23-22(19-7-5-10-27-25(19)32-23)21-15-29(12-13-31-21)14-17-9-11-26-20-8-4-3-6-18(17)20/h3-11,16,21H,12-15H2,1-2H3,(H,28,30)/t21-/m1/s1. The second-order valence-electron chi connectivity index (χ2n) is 8.41.